The Morgan fingerprint density at radius 1 is 1.38 bits per heavy atom. The maximum Gasteiger partial charge on any atom is 0.236 e. The number of carbonyl (C=O) groups is 1. The van der Waals surface area contributed by atoms with Crippen molar-refractivity contribution in [2.24, 2.45) is 7.05 Å². The third-order valence-electron chi connectivity index (χ3n) is 3.19. The number of nitrogens with zero attached hydrogens (tertiary/aromatic N) is 4. The number of aromatic nitrogens is 4. The van der Waals surface area contributed by atoms with Crippen LogP contribution >= 0.6 is 23.1 Å². The first kappa shape index (κ1) is 16.5. The van der Waals surface area contributed by atoms with Gasteiger partial charge in [-0.1, -0.05) is 23.9 Å². The highest BCUT2D eigenvalue weighted by Crippen LogP contribution is 2.29. The minimum Gasteiger partial charge on any atom is -0.496 e. The predicted octanol–water partition coefficient (Wildman–Crippen LogP) is 2.68. The lowest BCUT2D eigenvalue weighted by Crippen LogP contribution is -2.14. The number of ether oxygens (including phenoxy) is 1. The van der Waals surface area contributed by atoms with Gasteiger partial charge in [-0.3, -0.25) is 4.79 Å². The minimum absolute atomic E-state index is 0.128. The molecule has 124 valence electrons. The summed E-state index contributed by atoms with van der Waals surface area (Å²) in [6.07, 6.45) is 1.65. The molecule has 0 unspecified atom stereocenters. The van der Waals surface area contributed by atoms with E-state index in [4.69, 9.17) is 4.74 Å². The van der Waals surface area contributed by atoms with Crippen LogP contribution in [0.1, 0.15) is 0 Å². The van der Waals surface area contributed by atoms with Gasteiger partial charge in [0.25, 0.3) is 0 Å². The fourth-order valence-corrected chi connectivity index (χ4v) is 3.33. The van der Waals surface area contributed by atoms with E-state index in [0.717, 1.165) is 11.3 Å². The van der Waals surface area contributed by atoms with Gasteiger partial charge in [0.05, 0.1) is 18.4 Å². The van der Waals surface area contributed by atoms with E-state index in [9.17, 15) is 4.79 Å². The molecular formula is C15H15N5O2S2. The molecule has 0 spiro atoms. The number of amides is 1. The first-order chi connectivity index (χ1) is 11.7. The fourth-order valence-electron chi connectivity index (χ4n) is 2.08. The first-order valence-electron chi connectivity index (χ1n) is 7.04. The van der Waals surface area contributed by atoms with Crippen LogP contribution in [0.3, 0.4) is 0 Å². The fraction of sp³-hybridized carbons (Fsp3) is 0.200. The molecule has 24 heavy (non-hydrogen) atoms. The molecule has 0 atom stereocenters. The highest BCUT2D eigenvalue weighted by atomic mass is 32.2. The van der Waals surface area contributed by atoms with Crippen molar-refractivity contribution in [3.63, 3.8) is 0 Å². The number of thiazole rings is 1. The highest BCUT2D eigenvalue weighted by Gasteiger charge is 2.16. The zero-order valence-corrected chi connectivity index (χ0v) is 14.7. The Bertz CT molecular complexity index is 832. The van der Waals surface area contributed by atoms with E-state index in [1.807, 2.05) is 41.3 Å². The molecule has 0 saturated heterocycles. The Kier molecular flexibility index (Phi) is 5.11. The SMILES string of the molecule is COc1ccccc1-c1nnc(SCC(=O)Nc2nccs2)n1C. The lowest BCUT2D eigenvalue weighted by atomic mass is 10.2. The molecule has 0 radical (unpaired) electrons. The number of hydrogen-bond donors (Lipinski definition) is 1. The van der Waals surface area contributed by atoms with E-state index in [1.165, 1.54) is 23.1 Å². The Hall–Kier alpha value is -2.39. The van der Waals surface area contributed by atoms with Crippen molar-refractivity contribution in [3.05, 3.63) is 35.8 Å². The summed E-state index contributed by atoms with van der Waals surface area (Å²) in [5.74, 6) is 1.52. The van der Waals surface area contributed by atoms with Crippen molar-refractivity contribution in [1.29, 1.82) is 0 Å². The second kappa shape index (κ2) is 7.45. The van der Waals surface area contributed by atoms with Crippen LogP contribution in [0.5, 0.6) is 5.75 Å². The van der Waals surface area contributed by atoms with Crippen LogP contribution in [0.25, 0.3) is 11.4 Å². The number of anilines is 1. The van der Waals surface area contributed by atoms with Crippen LogP contribution in [0, 0.1) is 0 Å². The lowest BCUT2D eigenvalue weighted by Gasteiger charge is -2.08. The number of benzene rings is 1. The molecule has 0 fully saturated rings. The van der Waals surface area contributed by atoms with E-state index in [-0.39, 0.29) is 11.7 Å². The van der Waals surface area contributed by atoms with Gasteiger partial charge in [0.2, 0.25) is 5.91 Å². The quantitative estimate of drug-likeness (QED) is 0.680. The van der Waals surface area contributed by atoms with Gasteiger partial charge in [-0.05, 0) is 12.1 Å². The molecule has 3 aromatic rings. The summed E-state index contributed by atoms with van der Waals surface area (Å²) >= 11 is 2.70. The van der Waals surface area contributed by atoms with Crippen molar-refractivity contribution in [1.82, 2.24) is 19.7 Å². The second-order valence-corrected chi connectivity index (χ2v) is 6.58. The van der Waals surface area contributed by atoms with Gasteiger partial charge in [0.15, 0.2) is 16.1 Å². The van der Waals surface area contributed by atoms with Gasteiger partial charge >= 0.3 is 0 Å². The summed E-state index contributed by atoms with van der Waals surface area (Å²) in [7, 11) is 3.48. The average molecular weight is 361 g/mol. The van der Waals surface area contributed by atoms with Crippen molar-refractivity contribution in [2.45, 2.75) is 5.16 Å². The monoisotopic (exact) mass is 361 g/mol. The molecule has 0 aliphatic rings. The number of hydrogen-bond acceptors (Lipinski definition) is 7. The first-order valence-corrected chi connectivity index (χ1v) is 8.90. The lowest BCUT2D eigenvalue weighted by molar-refractivity contribution is -0.113. The minimum atomic E-state index is -0.128. The summed E-state index contributed by atoms with van der Waals surface area (Å²) < 4.78 is 7.21. The van der Waals surface area contributed by atoms with E-state index in [0.29, 0.717) is 16.1 Å². The molecule has 1 aromatic carbocycles. The molecule has 0 aliphatic carbocycles. The average Bonchev–Trinajstić information content (AvgIpc) is 3.23. The van der Waals surface area contributed by atoms with E-state index in [2.05, 4.69) is 20.5 Å². The van der Waals surface area contributed by atoms with E-state index >= 15 is 0 Å². The molecule has 2 aromatic heterocycles. The molecule has 3 rings (SSSR count). The van der Waals surface area contributed by atoms with Crippen LogP contribution in [0.15, 0.2) is 41.0 Å². The molecule has 2 heterocycles. The Labute approximate surface area is 147 Å². The molecule has 1 N–H and O–H groups in total. The third-order valence-corrected chi connectivity index (χ3v) is 4.90. The van der Waals surface area contributed by atoms with Gasteiger partial charge in [0.1, 0.15) is 5.75 Å². The zero-order chi connectivity index (χ0) is 16.9. The van der Waals surface area contributed by atoms with Gasteiger partial charge in [-0.2, -0.15) is 0 Å². The van der Waals surface area contributed by atoms with Crippen LogP contribution < -0.4 is 10.1 Å². The summed E-state index contributed by atoms with van der Waals surface area (Å²) in [6, 6.07) is 7.61. The highest BCUT2D eigenvalue weighted by molar-refractivity contribution is 7.99. The summed E-state index contributed by atoms with van der Waals surface area (Å²) in [5, 5.41) is 14.2. The number of thioether (sulfide) groups is 1. The predicted molar refractivity (Wildman–Crippen MR) is 94.5 cm³/mol. The number of carbonyl (C=O) groups excluding carboxylic acids is 1. The van der Waals surface area contributed by atoms with Gasteiger partial charge in [0, 0.05) is 18.6 Å². The summed E-state index contributed by atoms with van der Waals surface area (Å²) in [4.78, 5) is 16.0. The smallest absolute Gasteiger partial charge is 0.236 e. The maximum atomic E-state index is 11.9. The summed E-state index contributed by atoms with van der Waals surface area (Å²) in [6.45, 7) is 0. The number of para-hydroxylation sites is 1. The topological polar surface area (TPSA) is 81.9 Å². The van der Waals surface area contributed by atoms with Crippen molar-refractivity contribution < 1.29 is 9.53 Å². The number of nitrogens with one attached hydrogen (secondary N) is 1. The van der Waals surface area contributed by atoms with Crippen molar-refractivity contribution in [2.75, 3.05) is 18.2 Å². The molecule has 9 heteroatoms. The van der Waals surface area contributed by atoms with Gasteiger partial charge < -0.3 is 14.6 Å². The largest absolute Gasteiger partial charge is 0.496 e. The molecule has 0 aliphatic heterocycles. The van der Waals surface area contributed by atoms with Gasteiger partial charge in [-0.15, -0.1) is 21.5 Å². The zero-order valence-electron chi connectivity index (χ0n) is 13.1. The second-order valence-electron chi connectivity index (χ2n) is 4.74. The normalized spacial score (nSPS) is 10.6. The Balaban J connectivity index is 1.70. The van der Waals surface area contributed by atoms with Crippen LogP contribution in [-0.4, -0.2) is 38.5 Å². The van der Waals surface area contributed by atoms with E-state index in [1.54, 1.807) is 13.3 Å². The third kappa shape index (κ3) is 3.57. The van der Waals surface area contributed by atoms with Crippen LogP contribution in [0.4, 0.5) is 5.13 Å². The molecular weight excluding hydrogens is 346 g/mol. The van der Waals surface area contributed by atoms with Crippen molar-refractivity contribution >= 4 is 34.1 Å². The Morgan fingerprint density at radius 3 is 2.96 bits per heavy atom. The van der Waals surface area contributed by atoms with Crippen LogP contribution in [0.2, 0.25) is 0 Å². The summed E-state index contributed by atoms with van der Waals surface area (Å²) in [5.41, 5.74) is 0.856. The van der Waals surface area contributed by atoms with Gasteiger partial charge in [-0.25, -0.2) is 4.98 Å². The Morgan fingerprint density at radius 2 is 2.21 bits per heavy atom. The maximum absolute atomic E-state index is 11.9. The molecule has 1 amide bonds. The van der Waals surface area contributed by atoms with Crippen LogP contribution in [-0.2, 0) is 11.8 Å². The molecule has 7 nitrogen and oxygen atoms in total. The number of methoxy groups -OCH3 is 1. The van der Waals surface area contributed by atoms with E-state index < -0.39 is 0 Å². The molecule has 0 bridgehead atoms. The standard InChI is InChI=1S/C15H15N5O2S2/c1-20-13(10-5-3-4-6-11(10)22-2)18-19-15(20)24-9-12(21)17-14-16-7-8-23-14/h3-8H,9H2,1-2H3,(H,16,17,21). The molecule has 0 saturated carbocycles. The number of rotatable bonds is 6. The van der Waals surface area contributed by atoms with Crippen molar-refractivity contribution in [3.8, 4) is 17.1 Å².